The SMILES string of the molecule is CCc1ccc2c(c1)CN(/C(C)=C(\N)C(=O)C(C)=O)C2. The van der Waals surface area contributed by atoms with Gasteiger partial charge in [-0.05, 0) is 30.0 Å². The smallest absolute Gasteiger partial charge is 0.245 e. The Balaban J connectivity index is 2.24. The van der Waals surface area contributed by atoms with Crippen LogP contribution < -0.4 is 5.73 Å². The molecule has 0 saturated carbocycles. The number of nitrogens with two attached hydrogens (primary N) is 1. The van der Waals surface area contributed by atoms with Crippen molar-refractivity contribution in [2.45, 2.75) is 40.3 Å². The normalized spacial score (nSPS) is 14.8. The van der Waals surface area contributed by atoms with Crippen LogP contribution in [0.3, 0.4) is 0 Å². The number of ketones is 2. The van der Waals surface area contributed by atoms with Crippen molar-refractivity contribution in [1.29, 1.82) is 0 Å². The fraction of sp³-hybridized carbons (Fsp3) is 0.375. The van der Waals surface area contributed by atoms with Gasteiger partial charge in [0.15, 0.2) is 0 Å². The molecule has 0 aromatic heterocycles. The first kappa shape index (κ1) is 14.3. The second-order valence-corrected chi connectivity index (χ2v) is 5.20. The number of rotatable bonds is 4. The molecule has 1 aromatic carbocycles. The maximum atomic E-state index is 11.7. The number of benzene rings is 1. The molecule has 0 aliphatic carbocycles. The Hall–Kier alpha value is -2.10. The van der Waals surface area contributed by atoms with Gasteiger partial charge in [-0.15, -0.1) is 0 Å². The molecule has 2 rings (SSSR count). The number of nitrogens with zero attached hydrogens (tertiary/aromatic N) is 1. The van der Waals surface area contributed by atoms with Crippen molar-refractivity contribution in [3.05, 3.63) is 46.3 Å². The van der Waals surface area contributed by atoms with Gasteiger partial charge >= 0.3 is 0 Å². The molecular weight excluding hydrogens is 252 g/mol. The first-order chi connectivity index (χ1) is 9.43. The van der Waals surface area contributed by atoms with Gasteiger partial charge in [-0.1, -0.05) is 25.1 Å². The lowest BCUT2D eigenvalue weighted by molar-refractivity contribution is -0.133. The predicted octanol–water partition coefficient (Wildman–Crippen LogP) is 1.91. The number of carbonyl (C=O) groups excluding carboxylic acids is 2. The summed E-state index contributed by atoms with van der Waals surface area (Å²) < 4.78 is 0. The molecule has 1 aliphatic heterocycles. The number of aryl methyl sites for hydroxylation is 1. The lowest BCUT2D eigenvalue weighted by Gasteiger charge is -2.19. The Morgan fingerprint density at radius 3 is 2.45 bits per heavy atom. The summed E-state index contributed by atoms with van der Waals surface area (Å²) in [6.45, 7) is 6.64. The molecule has 2 N–H and O–H groups in total. The summed E-state index contributed by atoms with van der Waals surface area (Å²) in [7, 11) is 0. The van der Waals surface area contributed by atoms with Gasteiger partial charge in [0.25, 0.3) is 0 Å². The van der Waals surface area contributed by atoms with E-state index in [2.05, 4.69) is 25.1 Å². The summed E-state index contributed by atoms with van der Waals surface area (Å²) in [4.78, 5) is 24.8. The van der Waals surface area contributed by atoms with Crippen LogP contribution in [0.4, 0.5) is 0 Å². The van der Waals surface area contributed by atoms with Crippen molar-refractivity contribution in [2.75, 3.05) is 0 Å². The molecule has 0 amide bonds. The summed E-state index contributed by atoms with van der Waals surface area (Å²) >= 11 is 0. The Morgan fingerprint density at radius 2 is 1.85 bits per heavy atom. The van der Waals surface area contributed by atoms with Gasteiger partial charge in [-0.25, -0.2) is 0 Å². The Bertz CT molecular complexity index is 602. The van der Waals surface area contributed by atoms with E-state index in [1.165, 1.54) is 23.6 Å². The van der Waals surface area contributed by atoms with E-state index >= 15 is 0 Å². The fourth-order valence-corrected chi connectivity index (χ4v) is 2.43. The van der Waals surface area contributed by atoms with Gasteiger partial charge in [0.1, 0.15) is 5.70 Å². The summed E-state index contributed by atoms with van der Waals surface area (Å²) in [6.07, 6.45) is 1.01. The number of fused-ring (bicyclic) bond motifs is 1. The van der Waals surface area contributed by atoms with E-state index in [0.29, 0.717) is 5.70 Å². The standard InChI is InChI=1S/C16H20N2O2/c1-4-12-5-6-13-8-18(9-14(13)7-12)10(2)15(17)16(20)11(3)19/h5-7H,4,8-9,17H2,1-3H3/b15-10-. The minimum absolute atomic E-state index is 0.0565. The van der Waals surface area contributed by atoms with Gasteiger partial charge in [0, 0.05) is 25.7 Å². The van der Waals surface area contributed by atoms with Gasteiger partial charge in [0.2, 0.25) is 11.6 Å². The third kappa shape index (κ3) is 2.59. The van der Waals surface area contributed by atoms with Crippen LogP contribution in [0.5, 0.6) is 0 Å². The molecule has 1 aliphatic rings. The summed E-state index contributed by atoms with van der Waals surface area (Å²) in [5, 5.41) is 0. The van der Waals surface area contributed by atoms with Crippen LogP contribution in [0.15, 0.2) is 29.6 Å². The average Bonchev–Trinajstić information content (AvgIpc) is 2.87. The average molecular weight is 272 g/mol. The van der Waals surface area contributed by atoms with Crippen LogP contribution in [-0.2, 0) is 29.1 Å². The molecule has 0 saturated heterocycles. The highest BCUT2D eigenvalue weighted by Gasteiger charge is 2.23. The second-order valence-electron chi connectivity index (χ2n) is 5.20. The number of hydrogen-bond acceptors (Lipinski definition) is 4. The first-order valence-electron chi connectivity index (χ1n) is 6.81. The minimum atomic E-state index is -0.604. The first-order valence-corrected chi connectivity index (χ1v) is 6.81. The zero-order valence-electron chi connectivity index (χ0n) is 12.2. The second kappa shape index (κ2) is 5.49. The molecule has 1 heterocycles. The molecule has 20 heavy (non-hydrogen) atoms. The van der Waals surface area contributed by atoms with Crippen LogP contribution in [0.1, 0.15) is 37.5 Å². The van der Waals surface area contributed by atoms with E-state index in [4.69, 9.17) is 5.73 Å². The Kier molecular flexibility index (Phi) is 3.93. The maximum Gasteiger partial charge on any atom is 0.245 e. The van der Waals surface area contributed by atoms with Crippen molar-refractivity contribution in [3.63, 3.8) is 0 Å². The molecule has 0 spiro atoms. The molecule has 0 bridgehead atoms. The van der Waals surface area contributed by atoms with Gasteiger partial charge in [-0.2, -0.15) is 0 Å². The van der Waals surface area contributed by atoms with E-state index < -0.39 is 11.6 Å². The van der Waals surface area contributed by atoms with E-state index in [9.17, 15) is 9.59 Å². The molecule has 0 fully saturated rings. The van der Waals surface area contributed by atoms with E-state index in [1.54, 1.807) is 6.92 Å². The lowest BCUT2D eigenvalue weighted by atomic mass is 10.1. The molecule has 0 radical (unpaired) electrons. The van der Waals surface area contributed by atoms with E-state index in [0.717, 1.165) is 19.5 Å². The number of allylic oxidation sites excluding steroid dienone is 2. The van der Waals surface area contributed by atoms with Crippen molar-refractivity contribution in [1.82, 2.24) is 4.90 Å². The van der Waals surface area contributed by atoms with Crippen molar-refractivity contribution >= 4 is 11.6 Å². The molecule has 106 valence electrons. The summed E-state index contributed by atoms with van der Waals surface area (Å²) in [5.74, 6) is -1.13. The summed E-state index contributed by atoms with van der Waals surface area (Å²) in [5.41, 5.74) is 10.4. The zero-order chi connectivity index (χ0) is 14.9. The molecule has 4 heteroatoms. The third-order valence-corrected chi connectivity index (χ3v) is 3.83. The van der Waals surface area contributed by atoms with Gasteiger partial charge in [0.05, 0.1) is 0 Å². The van der Waals surface area contributed by atoms with Crippen molar-refractivity contribution in [3.8, 4) is 0 Å². The van der Waals surface area contributed by atoms with Crippen LogP contribution in [-0.4, -0.2) is 16.5 Å². The van der Waals surface area contributed by atoms with Crippen LogP contribution in [0.25, 0.3) is 0 Å². The molecule has 4 nitrogen and oxygen atoms in total. The van der Waals surface area contributed by atoms with E-state index in [1.807, 2.05) is 4.90 Å². The molecule has 1 aromatic rings. The highest BCUT2D eigenvalue weighted by Crippen LogP contribution is 2.27. The highest BCUT2D eigenvalue weighted by molar-refractivity contribution is 6.42. The van der Waals surface area contributed by atoms with Crippen LogP contribution >= 0.6 is 0 Å². The maximum absolute atomic E-state index is 11.7. The summed E-state index contributed by atoms with van der Waals surface area (Å²) in [6, 6.07) is 6.46. The highest BCUT2D eigenvalue weighted by atomic mass is 16.2. The van der Waals surface area contributed by atoms with Gasteiger partial charge in [-0.3, -0.25) is 9.59 Å². The van der Waals surface area contributed by atoms with Crippen LogP contribution in [0, 0.1) is 0 Å². The largest absolute Gasteiger partial charge is 0.394 e. The van der Waals surface area contributed by atoms with Crippen molar-refractivity contribution < 1.29 is 9.59 Å². The molecule has 0 atom stereocenters. The monoisotopic (exact) mass is 272 g/mol. The topological polar surface area (TPSA) is 63.4 Å². The van der Waals surface area contributed by atoms with Gasteiger partial charge < -0.3 is 10.6 Å². The molecule has 0 unspecified atom stereocenters. The predicted molar refractivity (Wildman–Crippen MR) is 77.6 cm³/mol. The quantitative estimate of drug-likeness (QED) is 0.672. The lowest BCUT2D eigenvalue weighted by Crippen LogP contribution is -2.26. The fourth-order valence-electron chi connectivity index (χ4n) is 2.43. The van der Waals surface area contributed by atoms with Crippen LogP contribution in [0.2, 0.25) is 0 Å². The van der Waals surface area contributed by atoms with E-state index in [-0.39, 0.29) is 5.70 Å². The Morgan fingerprint density at radius 1 is 1.20 bits per heavy atom. The number of Topliss-reactive ketones (excluding diaryl/α,β-unsaturated/α-hetero) is 2. The van der Waals surface area contributed by atoms with Crippen molar-refractivity contribution in [2.24, 2.45) is 5.73 Å². The Labute approximate surface area is 119 Å². The third-order valence-electron chi connectivity index (χ3n) is 3.83. The molecular formula is C16H20N2O2. The number of hydrogen-bond donors (Lipinski definition) is 1. The zero-order valence-corrected chi connectivity index (χ0v) is 12.2. The number of carbonyl (C=O) groups is 2. The minimum Gasteiger partial charge on any atom is -0.394 e.